The Morgan fingerprint density at radius 3 is 2.69 bits per heavy atom. The summed E-state index contributed by atoms with van der Waals surface area (Å²) in [5, 5.41) is 1.84. The van der Waals surface area contributed by atoms with Gasteiger partial charge in [0.1, 0.15) is 5.02 Å². The molecule has 0 radical (unpaired) electrons. The predicted molar refractivity (Wildman–Crippen MR) is 68.7 cm³/mol. The van der Waals surface area contributed by atoms with Crippen molar-refractivity contribution >= 4 is 46.1 Å². The van der Waals surface area contributed by atoms with E-state index in [9.17, 15) is 4.39 Å². The molecule has 6 heteroatoms. The summed E-state index contributed by atoms with van der Waals surface area (Å²) < 4.78 is 14.8. The van der Waals surface area contributed by atoms with Gasteiger partial charge in [-0.3, -0.25) is 0 Å². The Labute approximate surface area is 105 Å². The lowest BCUT2D eigenvalue weighted by Gasteiger charge is -2.08. The van der Waals surface area contributed by atoms with Gasteiger partial charge in [-0.05, 0) is 17.5 Å². The molecule has 0 spiro atoms. The Morgan fingerprint density at radius 2 is 2.06 bits per heavy atom. The molecule has 1 heterocycles. The van der Waals surface area contributed by atoms with Crippen LogP contribution in [0, 0.1) is 5.82 Å². The maximum absolute atomic E-state index is 13.8. The normalized spacial score (nSPS) is 10.6. The van der Waals surface area contributed by atoms with E-state index in [0.717, 1.165) is 4.21 Å². The molecule has 1 aromatic carbocycles. The number of hydrogen-bond acceptors (Lipinski definition) is 4. The van der Waals surface area contributed by atoms with E-state index in [0.29, 0.717) is 10.6 Å². The Morgan fingerprint density at radius 1 is 1.31 bits per heavy atom. The van der Waals surface area contributed by atoms with Crippen LogP contribution in [0.25, 0.3) is 0 Å². The molecule has 0 amide bonds. The van der Waals surface area contributed by atoms with Gasteiger partial charge in [0.05, 0.1) is 20.5 Å². The average molecular weight is 275 g/mol. The molecule has 2 rings (SSSR count). The molecule has 0 unspecified atom stereocenters. The fraction of sp³-hybridized carbons (Fsp3) is 0. The minimum Gasteiger partial charge on any atom is -0.398 e. The van der Waals surface area contributed by atoms with E-state index >= 15 is 0 Å². The lowest BCUT2D eigenvalue weighted by molar-refractivity contribution is 0.604. The molecule has 0 bridgehead atoms. The van der Waals surface area contributed by atoms with Gasteiger partial charge in [-0.2, -0.15) is 0 Å². The molecule has 2 aromatic rings. The monoisotopic (exact) mass is 274 g/mol. The minimum atomic E-state index is -0.558. The number of benzene rings is 1. The number of nitrogen functional groups attached to an aromatic ring is 2. The second-order valence-corrected chi connectivity index (χ2v) is 5.68. The average Bonchev–Trinajstić information content (AvgIpc) is 2.74. The molecule has 0 saturated carbocycles. The van der Waals surface area contributed by atoms with Crippen molar-refractivity contribution in [3.63, 3.8) is 0 Å². The van der Waals surface area contributed by atoms with Crippen molar-refractivity contribution in [2.24, 2.45) is 0 Å². The lowest BCUT2D eigenvalue weighted by atomic mass is 10.3. The first-order chi connectivity index (χ1) is 7.59. The Bertz CT molecular complexity index is 514. The van der Waals surface area contributed by atoms with Gasteiger partial charge >= 0.3 is 0 Å². The third kappa shape index (κ3) is 2.11. The summed E-state index contributed by atoms with van der Waals surface area (Å²) in [5.41, 5.74) is 11.7. The van der Waals surface area contributed by atoms with Crippen LogP contribution in [0.3, 0.4) is 0 Å². The molecule has 0 aliphatic heterocycles. The molecule has 16 heavy (non-hydrogen) atoms. The molecule has 0 aliphatic carbocycles. The molecule has 0 aliphatic rings. The number of thiophene rings is 1. The van der Waals surface area contributed by atoms with Crippen molar-refractivity contribution < 1.29 is 4.39 Å². The molecular weight excluding hydrogens is 267 g/mol. The van der Waals surface area contributed by atoms with Crippen LogP contribution in [-0.2, 0) is 0 Å². The third-order valence-electron chi connectivity index (χ3n) is 1.92. The van der Waals surface area contributed by atoms with Crippen molar-refractivity contribution in [2.75, 3.05) is 11.5 Å². The van der Waals surface area contributed by atoms with Gasteiger partial charge in [-0.1, -0.05) is 29.4 Å². The second-order valence-electron chi connectivity index (χ2n) is 3.05. The summed E-state index contributed by atoms with van der Waals surface area (Å²) in [6.45, 7) is 0. The largest absolute Gasteiger partial charge is 0.398 e. The van der Waals surface area contributed by atoms with Crippen LogP contribution in [0.1, 0.15) is 0 Å². The minimum absolute atomic E-state index is 0.0757. The summed E-state index contributed by atoms with van der Waals surface area (Å²) >= 11 is 8.49. The molecule has 4 N–H and O–H groups in total. The van der Waals surface area contributed by atoms with E-state index in [-0.39, 0.29) is 10.7 Å². The summed E-state index contributed by atoms with van der Waals surface area (Å²) in [6, 6.07) is 5.25. The molecule has 2 nitrogen and oxygen atoms in total. The van der Waals surface area contributed by atoms with Crippen molar-refractivity contribution in [2.45, 2.75) is 9.10 Å². The van der Waals surface area contributed by atoms with Crippen molar-refractivity contribution in [3.05, 3.63) is 34.4 Å². The van der Waals surface area contributed by atoms with Crippen LogP contribution in [-0.4, -0.2) is 0 Å². The van der Waals surface area contributed by atoms with E-state index in [1.165, 1.54) is 29.2 Å². The summed E-state index contributed by atoms with van der Waals surface area (Å²) in [6.07, 6.45) is 0. The molecular formula is C10H8ClFN2S2. The van der Waals surface area contributed by atoms with Crippen molar-refractivity contribution in [1.29, 1.82) is 0 Å². The topological polar surface area (TPSA) is 52.0 Å². The van der Waals surface area contributed by atoms with Crippen LogP contribution in [0.4, 0.5) is 15.8 Å². The summed E-state index contributed by atoms with van der Waals surface area (Å²) in [7, 11) is 0. The standard InChI is InChI=1S/C10H8ClFN2S2/c11-8-5(13)4-6(14)10(9(8)12)16-7-2-1-3-15-7/h1-4H,13-14H2. The zero-order chi connectivity index (χ0) is 11.7. The molecule has 0 saturated heterocycles. The maximum Gasteiger partial charge on any atom is 0.159 e. The molecule has 0 fully saturated rings. The quantitative estimate of drug-likeness (QED) is 0.818. The smallest absolute Gasteiger partial charge is 0.159 e. The number of nitrogens with two attached hydrogens (primary N) is 2. The zero-order valence-electron chi connectivity index (χ0n) is 8.04. The van der Waals surface area contributed by atoms with Gasteiger partial charge in [-0.15, -0.1) is 11.3 Å². The predicted octanol–water partition coefficient (Wildman–Crippen LogP) is 3.86. The first kappa shape index (κ1) is 11.6. The van der Waals surface area contributed by atoms with Gasteiger partial charge < -0.3 is 11.5 Å². The third-order valence-corrected chi connectivity index (χ3v) is 4.46. The first-order valence-electron chi connectivity index (χ1n) is 4.34. The Balaban J connectivity index is 2.45. The van der Waals surface area contributed by atoms with Crippen LogP contribution < -0.4 is 11.5 Å². The molecule has 84 valence electrons. The second kappa shape index (κ2) is 4.53. The highest BCUT2D eigenvalue weighted by atomic mass is 35.5. The lowest BCUT2D eigenvalue weighted by Crippen LogP contribution is -1.97. The van der Waals surface area contributed by atoms with Crippen LogP contribution >= 0.6 is 34.7 Å². The fourth-order valence-corrected chi connectivity index (χ4v) is 3.15. The van der Waals surface area contributed by atoms with Crippen LogP contribution in [0.15, 0.2) is 32.7 Å². The number of hydrogen-bond donors (Lipinski definition) is 2. The Kier molecular flexibility index (Phi) is 3.28. The van der Waals surface area contributed by atoms with E-state index in [1.54, 1.807) is 0 Å². The van der Waals surface area contributed by atoms with Crippen molar-refractivity contribution in [3.8, 4) is 0 Å². The van der Waals surface area contributed by atoms with Gasteiger partial charge in [0.25, 0.3) is 0 Å². The van der Waals surface area contributed by atoms with Gasteiger partial charge in [0.15, 0.2) is 5.82 Å². The molecule has 0 atom stereocenters. The highest BCUT2D eigenvalue weighted by molar-refractivity contribution is 8.01. The maximum atomic E-state index is 13.8. The summed E-state index contributed by atoms with van der Waals surface area (Å²) in [5.74, 6) is -0.558. The van der Waals surface area contributed by atoms with Gasteiger partial charge in [0.2, 0.25) is 0 Å². The number of rotatable bonds is 2. The van der Waals surface area contributed by atoms with Gasteiger partial charge in [-0.25, -0.2) is 4.39 Å². The van der Waals surface area contributed by atoms with Gasteiger partial charge in [0, 0.05) is 0 Å². The fourth-order valence-electron chi connectivity index (χ4n) is 1.18. The zero-order valence-corrected chi connectivity index (χ0v) is 10.4. The van der Waals surface area contributed by atoms with Crippen LogP contribution in [0.2, 0.25) is 5.02 Å². The Hall–Kier alpha value is -0.910. The summed E-state index contributed by atoms with van der Waals surface area (Å²) in [4.78, 5) is 0.321. The molecule has 1 aromatic heterocycles. The number of halogens is 2. The van der Waals surface area contributed by atoms with E-state index in [1.807, 2.05) is 17.5 Å². The highest BCUT2D eigenvalue weighted by Crippen LogP contribution is 2.40. The SMILES string of the molecule is Nc1cc(N)c(Sc2cccs2)c(F)c1Cl. The van der Waals surface area contributed by atoms with E-state index < -0.39 is 5.82 Å². The number of anilines is 2. The van der Waals surface area contributed by atoms with E-state index in [4.69, 9.17) is 23.1 Å². The van der Waals surface area contributed by atoms with Crippen molar-refractivity contribution in [1.82, 2.24) is 0 Å². The highest BCUT2D eigenvalue weighted by Gasteiger charge is 2.15. The first-order valence-corrected chi connectivity index (χ1v) is 6.41. The van der Waals surface area contributed by atoms with E-state index in [2.05, 4.69) is 0 Å². The van der Waals surface area contributed by atoms with Crippen LogP contribution in [0.5, 0.6) is 0 Å².